The van der Waals surface area contributed by atoms with Crippen molar-refractivity contribution in [1.29, 1.82) is 0 Å². The summed E-state index contributed by atoms with van der Waals surface area (Å²) in [5, 5.41) is 9.68. The Kier molecular flexibility index (Phi) is 5.40. The molecule has 4 nitrogen and oxygen atoms in total. The van der Waals surface area contributed by atoms with Gasteiger partial charge in [0, 0.05) is 31.7 Å². The molecule has 1 atom stereocenters. The van der Waals surface area contributed by atoms with Crippen LogP contribution in [0.4, 0.5) is 0 Å². The Morgan fingerprint density at radius 2 is 1.86 bits per heavy atom. The zero-order chi connectivity index (χ0) is 19.6. The van der Waals surface area contributed by atoms with Crippen molar-refractivity contribution in [2.75, 3.05) is 32.7 Å². The number of likely N-dealkylation sites (tertiary alicyclic amines) is 2. The van der Waals surface area contributed by atoms with E-state index in [1.165, 1.54) is 12.0 Å². The second-order valence-electron chi connectivity index (χ2n) is 8.48. The van der Waals surface area contributed by atoms with E-state index in [1.807, 2.05) is 4.90 Å². The van der Waals surface area contributed by atoms with E-state index in [1.54, 1.807) is 24.3 Å². The number of piperidine rings is 2. The van der Waals surface area contributed by atoms with Gasteiger partial charge in [-0.3, -0.25) is 4.79 Å². The fraction of sp³-hybridized carbons (Fsp3) is 0.458. The van der Waals surface area contributed by atoms with Gasteiger partial charge in [0.25, 0.3) is 5.91 Å². The van der Waals surface area contributed by atoms with Gasteiger partial charge in [0.1, 0.15) is 5.75 Å². The summed E-state index contributed by atoms with van der Waals surface area (Å²) in [6.07, 6.45) is 3.32. The lowest BCUT2D eigenvalue weighted by atomic mass is 9.68. The number of hydrogen-bond donors (Lipinski definition) is 1. The summed E-state index contributed by atoms with van der Waals surface area (Å²) in [7, 11) is 0. The maximum atomic E-state index is 12.8. The van der Waals surface area contributed by atoms with E-state index in [0.29, 0.717) is 16.9 Å². The molecule has 0 aromatic heterocycles. The standard InChI is InChI=1S/C24H30N2O2/c1-2-25-17-21(19-7-4-3-5-8-19)16-24(18-25)11-13-26(14-12-24)23(28)20-9-6-10-22(27)15-20/h3-10,15,21,27H,2,11-14,16-18H2,1H3/t21-/m0/s1. The third-order valence-electron chi connectivity index (χ3n) is 6.64. The van der Waals surface area contributed by atoms with Crippen LogP contribution in [0.2, 0.25) is 0 Å². The van der Waals surface area contributed by atoms with Crippen molar-refractivity contribution >= 4 is 5.91 Å². The van der Waals surface area contributed by atoms with Gasteiger partial charge in [-0.2, -0.15) is 0 Å². The number of nitrogens with zero attached hydrogens (tertiary/aromatic N) is 2. The number of benzene rings is 2. The van der Waals surface area contributed by atoms with Crippen molar-refractivity contribution in [2.24, 2.45) is 5.41 Å². The first-order valence-electron chi connectivity index (χ1n) is 10.4. The summed E-state index contributed by atoms with van der Waals surface area (Å²) in [6.45, 7) is 7.20. The van der Waals surface area contributed by atoms with Gasteiger partial charge in [-0.25, -0.2) is 0 Å². The smallest absolute Gasteiger partial charge is 0.253 e. The van der Waals surface area contributed by atoms with E-state index < -0.39 is 0 Å². The topological polar surface area (TPSA) is 43.8 Å². The molecule has 0 bridgehead atoms. The lowest BCUT2D eigenvalue weighted by molar-refractivity contribution is 0.0158. The molecule has 1 N–H and O–H groups in total. The zero-order valence-electron chi connectivity index (χ0n) is 16.7. The predicted molar refractivity (Wildman–Crippen MR) is 112 cm³/mol. The van der Waals surface area contributed by atoms with Crippen molar-refractivity contribution in [1.82, 2.24) is 9.80 Å². The van der Waals surface area contributed by atoms with E-state index in [0.717, 1.165) is 45.6 Å². The number of hydrogen-bond acceptors (Lipinski definition) is 3. The lowest BCUT2D eigenvalue weighted by Crippen LogP contribution is -2.52. The van der Waals surface area contributed by atoms with Crippen LogP contribution in [-0.4, -0.2) is 53.5 Å². The summed E-state index contributed by atoms with van der Waals surface area (Å²) in [4.78, 5) is 17.4. The second kappa shape index (κ2) is 7.96. The van der Waals surface area contributed by atoms with Crippen LogP contribution in [0.25, 0.3) is 0 Å². The highest BCUT2D eigenvalue weighted by molar-refractivity contribution is 5.94. The Bertz CT molecular complexity index is 812. The molecule has 2 aliphatic rings. The minimum atomic E-state index is 0.0357. The van der Waals surface area contributed by atoms with Crippen molar-refractivity contribution in [3.8, 4) is 5.75 Å². The minimum Gasteiger partial charge on any atom is -0.508 e. The number of phenolic OH excluding ortho intramolecular Hbond substituents is 1. The van der Waals surface area contributed by atoms with E-state index in [4.69, 9.17) is 0 Å². The summed E-state index contributed by atoms with van der Waals surface area (Å²) >= 11 is 0. The van der Waals surface area contributed by atoms with Crippen LogP contribution in [0.3, 0.4) is 0 Å². The predicted octanol–water partition coefficient (Wildman–Crippen LogP) is 4.12. The third-order valence-corrected chi connectivity index (χ3v) is 6.64. The molecule has 2 aromatic carbocycles. The maximum absolute atomic E-state index is 12.8. The van der Waals surface area contributed by atoms with Crippen LogP contribution in [0, 0.1) is 5.41 Å². The third kappa shape index (κ3) is 3.93. The van der Waals surface area contributed by atoms with Crippen LogP contribution in [0.1, 0.15) is 48.0 Å². The average Bonchev–Trinajstić information content (AvgIpc) is 2.74. The van der Waals surface area contributed by atoms with Crippen LogP contribution < -0.4 is 0 Å². The Labute approximate surface area is 167 Å². The summed E-state index contributed by atoms with van der Waals surface area (Å²) in [5.74, 6) is 0.757. The number of rotatable bonds is 3. The highest BCUT2D eigenvalue weighted by Crippen LogP contribution is 2.45. The summed E-state index contributed by atoms with van der Waals surface area (Å²) in [5.41, 5.74) is 2.32. The molecule has 2 saturated heterocycles. The van der Waals surface area contributed by atoms with E-state index >= 15 is 0 Å². The van der Waals surface area contributed by atoms with Gasteiger partial charge in [0.05, 0.1) is 0 Å². The SMILES string of the molecule is CCN1C[C@@H](c2ccccc2)CC2(CCN(C(=O)c3cccc(O)c3)CC2)C1. The molecule has 148 valence electrons. The summed E-state index contributed by atoms with van der Waals surface area (Å²) in [6, 6.07) is 17.6. The number of amides is 1. The van der Waals surface area contributed by atoms with Crippen molar-refractivity contribution in [3.63, 3.8) is 0 Å². The molecule has 0 unspecified atom stereocenters. The molecular weight excluding hydrogens is 348 g/mol. The largest absolute Gasteiger partial charge is 0.508 e. The molecule has 1 amide bonds. The van der Waals surface area contributed by atoms with Crippen LogP contribution in [-0.2, 0) is 0 Å². The van der Waals surface area contributed by atoms with Crippen LogP contribution >= 0.6 is 0 Å². The quantitative estimate of drug-likeness (QED) is 0.874. The molecule has 2 aromatic rings. The van der Waals surface area contributed by atoms with Crippen LogP contribution in [0.15, 0.2) is 54.6 Å². The molecular formula is C24H30N2O2. The van der Waals surface area contributed by atoms with E-state index in [9.17, 15) is 9.90 Å². The molecule has 2 fully saturated rings. The van der Waals surface area contributed by atoms with E-state index in [-0.39, 0.29) is 11.7 Å². The Morgan fingerprint density at radius 3 is 2.54 bits per heavy atom. The Balaban J connectivity index is 1.46. The second-order valence-corrected chi connectivity index (χ2v) is 8.48. The van der Waals surface area contributed by atoms with Gasteiger partial charge < -0.3 is 14.9 Å². The number of carbonyl (C=O) groups excluding carboxylic acids is 1. The zero-order valence-corrected chi connectivity index (χ0v) is 16.7. The van der Waals surface area contributed by atoms with Crippen molar-refractivity contribution in [2.45, 2.75) is 32.1 Å². The van der Waals surface area contributed by atoms with Crippen LogP contribution in [0.5, 0.6) is 5.75 Å². The fourth-order valence-electron chi connectivity index (χ4n) is 5.06. The van der Waals surface area contributed by atoms with Gasteiger partial charge in [0.2, 0.25) is 0 Å². The molecule has 2 heterocycles. The fourth-order valence-corrected chi connectivity index (χ4v) is 5.06. The Hall–Kier alpha value is -2.33. The average molecular weight is 379 g/mol. The summed E-state index contributed by atoms with van der Waals surface area (Å²) < 4.78 is 0. The maximum Gasteiger partial charge on any atom is 0.253 e. The van der Waals surface area contributed by atoms with Gasteiger partial charge >= 0.3 is 0 Å². The highest BCUT2D eigenvalue weighted by atomic mass is 16.3. The molecule has 2 aliphatic heterocycles. The van der Waals surface area contributed by atoms with Gasteiger partial charge in [0.15, 0.2) is 0 Å². The molecule has 0 saturated carbocycles. The molecule has 1 spiro atoms. The monoisotopic (exact) mass is 378 g/mol. The highest BCUT2D eigenvalue weighted by Gasteiger charge is 2.42. The van der Waals surface area contributed by atoms with Gasteiger partial charge in [-0.15, -0.1) is 0 Å². The van der Waals surface area contributed by atoms with Gasteiger partial charge in [-0.05, 0) is 60.9 Å². The first-order valence-corrected chi connectivity index (χ1v) is 10.4. The van der Waals surface area contributed by atoms with Gasteiger partial charge in [-0.1, -0.05) is 43.3 Å². The number of phenols is 1. The molecule has 28 heavy (non-hydrogen) atoms. The Morgan fingerprint density at radius 1 is 1.11 bits per heavy atom. The minimum absolute atomic E-state index is 0.0357. The molecule has 0 radical (unpaired) electrons. The number of carbonyl (C=O) groups is 1. The molecule has 0 aliphatic carbocycles. The molecule has 4 rings (SSSR count). The number of likely N-dealkylation sites (N-methyl/N-ethyl adjacent to an activating group) is 1. The van der Waals surface area contributed by atoms with Crippen molar-refractivity contribution in [3.05, 3.63) is 65.7 Å². The normalized spacial score (nSPS) is 22.3. The molecule has 4 heteroatoms. The van der Waals surface area contributed by atoms with Crippen molar-refractivity contribution < 1.29 is 9.90 Å². The first-order chi connectivity index (χ1) is 13.6. The van der Waals surface area contributed by atoms with E-state index in [2.05, 4.69) is 42.2 Å². The lowest BCUT2D eigenvalue weighted by Gasteiger charge is -2.50. The number of aromatic hydroxyl groups is 1. The first kappa shape index (κ1) is 19.0.